The van der Waals surface area contributed by atoms with Gasteiger partial charge < -0.3 is 4.98 Å². The van der Waals surface area contributed by atoms with Crippen LogP contribution < -0.4 is 11.2 Å². The van der Waals surface area contributed by atoms with Gasteiger partial charge in [-0.1, -0.05) is 0 Å². The molecule has 4 heterocycles. The normalized spacial score (nSPS) is 11.2. The Morgan fingerprint density at radius 3 is 2.86 bits per heavy atom. The van der Waals surface area contributed by atoms with Crippen LogP contribution in [0.4, 0.5) is 0 Å². The highest BCUT2D eigenvalue weighted by Crippen LogP contribution is 2.28. The Hall–Kier alpha value is -2.87. The maximum Gasteiger partial charge on any atom is 0.326 e. The molecule has 0 saturated carbocycles. The highest BCUT2D eigenvalue weighted by atomic mass is 32.1. The van der Waals surface area contributed by atoms with Crippen molar-refractivity contribution in [3.05, 3.63) is 51.6 Å². The van der Waals surface area contributed by atoms with Crippen molar-refractivity contribution in [3.63, 3.8) is 0 Å². The number of pyridine rings is 1. The van der Waals surface area contributed by atoms with Crippen molar-refractivity contribution in [2.24, 2.45) is 0 Å². The first-order chi connectivity index (χ1) is 10.2. The second kappa shape index (κ2) is 4.32. The minimum atomic E-state index is -0.555. The predicted molar refractivity (Wildman–Crippen MR) is 79.4 cm³/mol. The first-order valence-electron chi connectivity index (χ1n) is 6.04. The molecular weight excluding hydrogens is 290 g/mol. The van der Waals surface area contributed by atoms with E-state index in [-0.39, 0.29) is 0 Å². The summed E-state index contributed by atoms with van der Waals surface area (Å²) in [5, 5.41) is 0. The van der Waals surface area contributed by atoms with E-state index in [2.05, 4.69) is 24.9 Å². The van der Waals surface area contributed by atoms with Gasteiger partial charge in [-0.25, -0.2) is 14.8 Å². The number of nitrogens with zero attached hydrogens (tertiary/aromatic N) is 3. The van der Waals surface area contributed by atoms with Crippen molar-refractivity contribution in [1.82, 2.24) is 24.9 Å². The van der Waals surface area contributed by atoms with Crippen LogP contribution in [0.2, 0.25) is 0 Å². The molecule has 21 heavy (non-hydrogen) atoms. The van der Waals surface area contributed by atoms with E-state index in [1.54, 1.807) is 24.7 Å². The first kappa shape index (κ1) is 11.9. The van der Waals surface area contributed by atoms with E-state index in [1.165, 1.54) is 11.3 Å². The Bertz CT molecular complexity index is 1080. The molecule has 4 aromatic heterocycles. The van der Waals surface area contributed by atoms with E-state index in [0.29, 0.717) is 26.3 Å². The number of aromatic nitrogens is 5. The molecule has 0 aliphatic heterocycles. The molecule has 0 amide bonds. The Labute approximate surface area is 120 Å². The molecular formula is C13H7N5O2S. The molecule has 0 saturated heterocycles. The average molecular weight is 297 g/mol. The molecule has 0 spiro atoms. The zero-order valence-electron chi connectivity index (χ0n) is 10.5. The number of thiophene rings is 1. The Balaban J connectivity index is 2.09. The Kier molecular flexibility index (Phi) is 2.45. The SMILES string of the molecule is O=c1[nH]c(=O)c2sc3ncc(-c4cccnc4)nc3c2[nH]1. The molecule has 0 radical (unpaired) electrons. The van der Waals surface area contributed by atoms with Gasteiger partial charge in [0.15, 0.2) is 0 Å². The summed E-state index contributed by atoms with van der Waals surface area (Å²) in [5.41, 5.74) is 1.40. The van der Waals surface area contributed by atoms with Crippen LogP contribution in [0, 0.1) is 0 Å². The molecule has 4 rings (SSSR count). The first-order valence-corrected chi connectivity index (χ1v) is 6.86. The summed E-state index contributed by atoms with van der Waals surface area (Å²) in [6.45, 7) is 0. The zero-order chi connectivity index (χ0) is 14.4. The highest BCUT2D eigenvalue weighted by molar-refractivity contribution is 7.25. The van der Waals surface area contributed by atoms with E-state index in [4.69, 9.17) is 0 Å². The molecule has 0 atom stereocenters. The quantitative estimate of drug-likeness (QED) is 0.551. The summed E-state index contributed by atoms with van der Waals surface area (Å²) in [6.07, 6.45) is 4.98. The second-order valence-electron chi connectivity index (χ2n) is 4.37. The fraction of sp³-hybridized carbons (Fsp3) is 0. The fourth-order valence-electron chi connectivity index (χ4n) is 2.10. The summed E-state index contributed by atoms with van der Waals surface area (Å²) in [6, 6.07) is 3.67. The van der Waals surface area contributed by atoms with Gasteiger partial charge in [0.2, 0.25) is 0 Å². The van der Waals surface area contributed by atoms with Crippen LogP contribution in [0.3, 0.4) is 0 Å². The van der Waals surface area contributed by atoms with Gasteiger partial charge in [0.25, 0.3) is 5.56 Å². The number of rotatable bonds is 1. The van der Waals surface area contributed by atoms with Crippen molar-refractivity contribution in [3.8, 4) is 11.3 Å². The van der Waals surface area contributed by atoms with Crippen LogP contribution in [-0.2, 0) is 0 Å². The number of H-pyrrole nitrogens is 2. The predicted octanol–water partition coefficient (Wildman–Crippen LogP) is 1.28. The molecule has 8 heteroatoms. The lowest BCUT2D eigenvalue weighted by Crippen LogP contribution is -2.20. The molecule has 0 aliphatic carbocycles. The Morgan fingerprint density at radius 1 is 1.14 bits per heavy atom. The molecule has 0 fully saturated rings. The third-order valence-corrected chi connectivity index (χ3v) is 4.12. The molecule has 4 aromatic rings. The number of fused-ring (bicyclic) bond motifs is 3. The molecule has 0 bridgehead atoms. The van der Waals surface area contributed by atoms with Gasteiger partial charge in [-0.15, -0.1) is 11.3 Å². The molecule has 0 aromatic carbocycles. The standard InChI is InChI=1S/C13H7N5O2S/c19-11-10-8(17-13(20)18-11)9-12(21-10)15-5-7(16-9)6-2-1-3-14-4-6/h1-5H,(H2,17,18,19,20). The van der Waals surface area contributed by atoms with Gasteiger partial charge in [0, 0.05) is 18.0 Å². The number of hydrogen-bond donors (Lipinski definition) is 2. The minimum absolute atomic E-state index is 0.410. The maximum absolute atomic E-state index is 11.8. The van der Waals surface area contributed by atoms with Gasteiger partial charge in [-0.3, -0.25) is 14.8 Å². The van der Waals surface area contributed by atoms with E-state index >= 15 is 0 Å². The lowest BCUT2D eigenvalue weighted by molar-refractivity contribution is 1.09. The van der Waals surface area contributed by atoms with Gasteiger partial charge in [-0.2, -0.15) is 0 Å². The van der Waals surface area contributed by atoms with Gasteiger partial charge >= 0.3 is 5.69 Å². The van der Waals surface area contributed by atoms with Crippen molar-refractivity contribution < 1.29 is 0 Å². The fourth-order valence-corrected chi connectivity index (χ4v) is 3.04. The van der Waals surface area contributed by atoms with Crippen LogP contribution in [0.25, 0.3) is 31.8 Å². The van der Waals surface area contributed by atoms with E-state index in [0.717, 1.165) is 5.56 Å². The summed E-state index contributed by atoms with van der Waals surface area (Å²) in [4.78, 5) is 41.5. The summed E-state index contributed by atoms with van der Waals surface area (Å²) in [7, 11) is 0. The average Bonchev–Trinajstić information content (AvgIpc) is 2.86. The van der Waals surface area contributed by atoms with Gasteiger partial charge in [0.1, 0.15) is 15.0 Å². The minimum Gasteiger partial charge on any atom is -0.304 e. The largest absolute Gasteiger partial charge is 0.326 e. The summed E-state index contributed by atoms with van der Waals surface area (Å²) < 4.78 is 0.410. The lowest BCUT2D eigenvalue weighted by atomic mass is 10.2. The van der Waals surface area contributed by atoms with E-state index < -0.39 is 11.2 Å². The molecule has 7 nitrogen and oxygen atoms in total. The van der Waals surface area contributed by atoms with Crippen molar-refractivity contribution in [1.29, 1.82) is 0 Å². The number of nitrogens with one attached hydrogen (secondary N) is 2. The van der Waals surface area contributed by atoms with E-state index in [9.17, 15) is 9.59 Å². The van der Waals surface area contributed by atoms with Crippen LogP contribution >= 0.6 is 11.3 Å². The summed E-state index contributed by atoms with van der Waals surface area (Å²) in [5.74, 6) is 0. The van der Waals surface area contributed by atoms with Gasteiger partial charge in [0.05, 0.1) is 17.4 Å². The molecule has 0 aliphatic rings. The molecule has 2 N–H and O–H groups in total. The van der Waals surface area contributed by atoms with Crippen molar-refractivity contribution in [2.45, 2.75) is 0 Å². The third-order valence-electron chi connectivity index (χ3n) is 3.03. The number of aromatic amines is 2. The third kappa shape index (κ3) is 1.84. The zero-order valence-corrected chi connectivity index (χ0v) is 11.3. The smallest absolute Gasteiger partial charge is 0.304 e. The number of hydrogen-bond acceptors (Lipinski definition) is 6. The molecule has 102 valence electrons. The summed E-state index contributed by atoms with van der Waals surface area (Å²) >= 11 is 1.20. The van der Waals surface area contributed by atoms with Crippen LogP contribution in [0.15, 0.2) is 40.3 Å². The lowest BCUT2D eigenvalue weighted by Gasteiger charge is -1.99. The van der Waals surface area contributed by atoms with Crippen LogP contribution in [-0.4, -0.2) is 24.9 Å². The second-order valence-corrected chi connectivity index (χ2v) is 5.36. The van der Waals surface area contributed by atoms with E-state index in [1.807, 2.05) is 6.07 Å². The Morgan fingerprint density at radius 2 is 2.05 bits per heavy atom. The van der Waals surface area contributed by atoms with Gasteiger partial charge in [-0.05, 0) is 12.1 Å². The van der Waals surface area contributed by atoms with Crippen molar-refractivity contribution in [2.75, 3.05) is 0 Å². The van der Waals surface area contributed by atoms with Crippen LogP contribution in [0.1, 0.15) is 0 Å². The van der Waals surface area contributed by atoms with Crippen LogP contribution in [0.5, 0.6) is 0 Å². The topological polar surface area (TPSA) is 104 Å². The maximum atomic E-state index is 11.8. The van der Waals surface area contributed by atoms with Crippen molar-refractivity contribution >= 4 is 31.9 Å². The highest BCUT2D eigenvalue weighted by Gasteiger charge is 2.13. The molecule has 0 unspecified atom stereocenters. The monoisotopic (exact) mass is 297 g/mol.